The van der Waals surface area contributed by atoms with Gasteiger partial charge in [-0.1, -0.05) is 32.6 Å². The standard InChI is InChI=1S/C9H15F/c1-4-6-7-8(3)9(10)5-2/h6-7,9H,3-5H2,1-2H3/b7-6-. The van der Waals surface area contributed by atoms with Gasteiger partial charge >= 0.3 is 0 Å². The lowest BCUT2D eigenvalue weighted by molar-refractivity contribution is 0.378. The summed E-state index contributed by atoms with van der Waals surface area (Å²) in [6.45, 7) is 7.43. The van der Waals surface area contributed by atoms with Crippen LogP contribution in [0.25, 0.3) is 0 Å². The van der Waals surface area contributed by atoms with Crippen LogP contribution in [0.3, 0.4) is 0 Å². The number of hydrogen-bond acceptors (Lipinski definition) is 0. The number of rotatable bonds is 4. The average molecular weight is 142 g/mol. The van der Waals surface area contributed by atoms with E-state index in [0.717, 1.165) is 6.42 Å². The molecule has 0 saturated carbocycles. The predicted octanol–water partition coefficient (Wildman–Crippen LogP) is 3.26. The molecule has 1 unspecified atom stereocenters. The van der Waals surface area contributed by atoms with Gasteiger partial charge in [-0.3, -0.25) is 0 Å². The first kappa shape index (κ1) is 9.41. The van der Waals surface area contributed by atoms with Crippen LogP contribution >= 0.6 is 0 Å². The topological polar surface area (TPSA) is 0 Å². The predicted molar refractivity (Wildman–Crippen MR) is 43.8 cm³/mol. The molecule has 0 nitrogen and oxygen atoms in total. The van der Waals surface area contributed by atoms with Crippen LogP contribution < -0.4 is 0 Å². The van der Waals surface area contributed by atoms with Crippen molar-refractivity contribution in [2.24, 2.45) is 0 Å². The minimum absolute atomic E-state index is 0.521. The van der Waals surface area contributed by atoms with Gasteiger partial charge in [0.05, 0.1) is 0 Å². The number of hydrogen-bond donors (Lipinski definition) is 0. The summed E-state index contributed by atoms with van der Waals surface area (Å²) in [5.41, 5.74) is 0.587. The first-order valence-corrected chi connectivity index (χ1v) is 3.71. The number of alkyl halides is 1. The molecule has 58 valence electrons. The molecule has 0 saturated heterocycles. The van der Waals surface area contributed by atoms with Crippen molar-refractivity contribution in [1.82, 2.24) is 0 Å². The summed E-state index contributed by atoms with van der Waals surface area (Å²) in [6, 6.07) is 0. The monoisotopic (exact) mass is 142 g/mol. The van der Waals surface area contributed by atoms with Gasteiger partial charge in [-0.25, -0.2) is 4.39 Å². The molecule has 0 fully saturated rings. The highest BCUT2D eigenvalue weighted by Gasteiger charge is 2.02. The van der Waals surface area contributed by atoms with Crippen LogP contribution in [0.4, 0.5) is 4.39 Å². The van der Waals surface area contributed by atoms with Crippen LogP contribution in [-0.2, 0) is 0 Å². The smallest absolute Gasteiger partial charge is 0.124 e. The van der Waals surface area contributed by atoms with Gasteiger partial charge in [0.2, 0.25) is 0 Å². The highest BCUT2D eigenvalue weighted by molar-refractivity contribution is 5.18. The fraction of sp³-hybridized carbons (Fsp3) is 0.556. The molecule has 0 rings (SSSR count). The lowest BCUT2D eigenvalue weighted by Gasteiger charge is -2.02. The van der Waals surface area contributed by atoms with Crippen LogP contribution in [0.5, 0.6) is 0 Å². The molecule has 0 spiro atoms. The van der Waals surface area contributed by atoms with Crippen molar-refractivity contribution in [3.63, 3.8) is 0 Å². The fourth-order valence-corrected chi connectivity index (χ4v) is 0.636. The molecule has 0 aromatic heterocycles. The van der Waals surface area contributed by atoms with Gasteiger partial charge in [-0.15, -0.1) is 0 Å². The van der Waals surface area contributed by atoms with E-state index in [-0.39, 0.29) is 0 Å². The molecule has 0 aromatic rings. The maximum atomic E-state index is 12.7. The maximum absolute atomic E-state index is 12.7. The van der Waals surface area contributed by atoms with E-state index in [1.165, 1.54) is 0 Å². The van der Waals surface area contributed by atoms with Gasteiger partial charge in [0.1, 0.15) is 6.17 Å². The van der Waals surface area contributed by atoms with E-state index in [1.807, 2.05) is 19.9 Å². The Balaban J connectivity index is 3.72. The van der Waals surface area contributed by atoms with Crippen LogP contribution in [0.15, 0.2) is 24.3 Å². The summed E-state index contributed by atoms with van der Waals surface area (Å²) in [5, 5.41) is 0. The second-order valence-electron chi connectivity index (χ2n) is 2.26. The van der Waals surface area contributed by atoms with E-state index in [0.29, 0.717) is 12.0 Å². The number of allylic oxidation sites excluding steroid dienone is 3. The largest absolute Gasteiger partial charge is 0.242 e. The van der Waals surface area contributed by atoms with Crippen molar-refractivity contribution in [1.29, 1.82) is 0 Å². The average Bonchev–Trinajstić information content (AvgIpc) is 1.98. The molecule has 10 heavy (non-hydrogen) atoms. The summed E-state index contributed by atoms with van der Waals surface area (Å²) >= 11 is 0. The minimum atomic E-state index is -0.859. The number of halogens is 1. The highest BCUT2D eigenvalue weighted by Crippen LogP contribution is 2.09. The normalized spacial score (nSPS) is 13.9. The van der Waals surface area contributed by atoms with Crippen molar-refractivity contribution in [2.75, 3.05) is 0 Å². The van der Waals surface area contributed by atoms with E-state index in [1.54, 1.807) is 6.08 Å². The molecule has 1 heteroatoms. The maximum Gasteiger partial charge on any atom is 0.124 e. The van der Waals surface area contributed by atoms with Crippen LogP contribution in [0.2, 0.25) is 0 Å². The third kappa shape index (κ3) is 3.44. The second-order valence-corrected chi connectivity index (χ2v) is 2.26. The Morgan fingerprint density at radius 3 is 2.60 bits per heavy atom. The Morgan fingerprint density at radius 1 is 1.60 bits per heavy atom. The minimum Gasteiger partial charge on any atom is -0.242 e. The SMILES string of the molecule is C=C(/C=C\CC)C(F)CC. The summed E-state index contributed by atoms with van der Waals surface area (Å²) in [5.74, 6) is 0. The summed E-state index contributed by atoms with van der Waals surface area (Å²) in [4.78, 5) is 0. The van der Waals surface area contributed by atoms with Gasteiger partial charge in [0, 0.05) is 0 Å². The van der Waals surface area contributed by atoms with E-state index in [9.17, 15) is 4.39 Å². The molecule has 0 aliphatic carbocycles. The lowest BCUT2D eigenvalue weighted by Crippen LogP contribution is -1.97. The van der Waals surface area contributed by atoms with Gasteiger partial charge in [-0.2, -0.15) is 0 Å². The molecule has 0 aliphatic rings. The zero-order valence-electron chi connectivity index (χ0n) is 6.73. The van der Waals surface area contributed by atoms with Gasteiger partial charge in [0.25, 0.3) is 0 Å². The molecule has 0 N–H and O–H groups in total. The molecule has 0 amide bonds. The van der Waals surface area contributed by atoms with E-state index < -0.39 is 6.17 Å². The Morgan fingerprint density at radius 2 is 2.20 bits per heavy atom. The third-order valence-electron chi connectivity index (χ3n) is 1.33. The fourth-order valence-electron chi connectivity index (χ4n) is 0.636. The summed E-state index contributed by atoms with van der Waals surface area (Å²) < 4.78 is 12.7. The Bertz CT molecular complexity index is 125. The van der Waals surface area contributed by atoms with Gasteiger partial charge < -0.3 is 0 Å². The Kier molecular flexibility index (Phi) is 4.91. The molecule has 1 atom stereocenters. The van der Waals surface area contributed by atoms with E-state index in [4.69, 9.17) is 0 Å². The van der Waals surface area contributed by atoms with E-state index in [2.05, 4.69) is 6.58 Å². The van der Waals surface area contributed by atoms with E-state index >= 15 is 0 Å². The third-order valence-corrected chi connectivity index (χ3v) is 1.33. The van der Waals surface area contributed by atoms with Gasteiger partial charge in [0.15, 0.2) is 0 Å². The van der Waals surface area contributed by atoms with Crippen molar-refractivity contribution in [3.8, 4) is 0 Å². The molecular weight excluding hydrogens is 127 g/mol. The molecule has 0 aliphatic heterocycles. The zero-order chi connectivity index (χ0) is 7.98. The highest BCUT2D eigenvalue weighted by atomic mass is 19.1. The van der Waals surface area contributed by atoms with Crippen molar-refractivity contribution in [2.45, 2.75) is 32.9 Å². The molecule has 0 bridgehead atoms. The Labute approximate surface area is 62.4 Å². The second kappa shape index (κ2) is 5.21. The first-order chi connectivity index (χ1) is 4.72. The van der Waals surface area contributed by atoms with Crippen molar-refractivity contribution in [3.05, 3.63) is 24.3 Å². The molecule has 0 aromatic carbocycles. The molecule has 0 heterocycles. The Hall–Kier alpha value is -0.590. The summed E-state index contributed by atoms with van der Waals surface area (Å²) in [7, 11) is 0. The van der Waals surface area contributed by atoms with Gasteiger partial charge in [-0.05, 0) is 18.4 Å². The molecule has 0 radical (unpaired) electrons. The first-order valence-electron chi connectivity index (χ1n) is 3.71. The van der Waals surface area contributed by atoms with Crippen molar-refractivity contribution >= 4 is 0 Å². The van der Waals surface area contributed by atoms with Crippen molar-refractivity contribution < 1.29 is 4.39 Å². The van der Waals surface area contributed by atoms with Crippen LogP contribution in [0.1, 0.15) is 26.7 Å². The quantitative estimate of drug-likeness (QED) is 0.528. The van der Waals surface area contributed by atoms with Crippen LogP contribution in [-0.4, -0.2) is 6.17 Å². The zero-order valence-corrected chi connectivity index (χ0v) is 6.73. The van der Waals surface area contributed by atoms with Crippen LogP contribution in [0, 0.1) is 0 Å². The lowest BCUT2D eigenvalue weighted by atomic mass is 10.1. The molecular formula is C9H15F. The summed E-state index contributed by atoms with van der Waals surface area (Å²) in [6.07, 6.45) is 4.28.